The molecular formula is C9H9FN4O. The number of benzene rings is 1. The summed E-state index contributed by atoms with van der Waals surface area (Å²) < 4.78 is 13.3. The summed E-state index contributed by atoms with van der Waals surface area (Å²) in [7, 11) is 0. The van der Waals surface area contributed by atoms with Crippen molar-refractivity contribution >= 4 is 17.9 Å². The number of halogens is 1. The molecule has 0 bridgehead atoms. The predicted molar refractivity (Wildman–Crippen MR) is 52.8 cm³/mol. The Morgan fingerprint density at radius 1 is 1.60 bits per heavy atom. The zero-order valence-electron chi connectivity index (χ0n) is 7.97. The fourth-order valence-corrected chi connectivity index (χ4v) is 1.13. The minimum Gasteiger partial charge on any atom is -0.328 e. The molecule has 5 nitrogen and oxygen atoms in total. The molecule has 6 heteroatoms. The number of nitrogens with zero attached hydrogens (tertiary/aromatic N) is 1. The first-order chi connectivity index (χ1) is 7.10. The largest absolute Gasteiger partial charge is 0.328 e. The molecule has 0 aliphatic rings. The van der Waals surface area contributed by atoms with Crippen molar-refractivity contribution in [2.45, 2.75) is 6.92 Å². The van der Waals surface area contributed by atoms with Gasteiger partial charge in [-0.15, -0.1) is 5.11 Å². The molecule has 0 aromatic heterocycles. The molecule has 0 unspecified atom stereocenters. The lowest BCUT2D eigenvalue weighted by atomic mass is 10.1. The number of amidine groups is 1. The van der Waals surface area contributed by atoms with E-state index >= 15 is 0 Å². The Labute approximate surface area is 85.3 Å². The standard InChI is InChI=1S/C9H9FN4O/c1-5-2-7(10)6(9(11)14-12)3-8(5)13-4-15/h2-4,11-12H,1H3,(H,13,15). The summed E-state index contributed by atoms with van der Waals surface area (Å²) in [5, 5.41) is 12.4. The Balaban J connectivity index is 3.28. The highest BCUT2D eigenvalue weighted by atomic mass is 19.1. The average molecular weight is 208 g/mol. The summed E-state index contributed by atoms with van der Waals surface area (Å²) in [5.41, 5.74) is 7.44. The summed E-state index contributed by atoms with van der Waals surface area (Å²) in [4.78, 5) is 10.2. The van der Waals surface area contributed by atoms with Crippen LogP contribution in [0.15, 0.2) is 17.2 Å². The summed E-state index contributed by atoms with van der Waals surface area (Å²) in [6.07, 6.45) is 0.464. The summed E-state index contributed by atoms with van der Waals surface area (Å²) in [5.74, 6) is -1.12. The van der Waals surface area contributed by atoms with Gasteiger partial charge in [0.2, 0.25) is 6.41 Å². The lowest BCUT2D eigenvalue weighted by molar-refractivity contribution is -0.105. The number of rotatable bonds is 3. The van der Waals surface area contributed by atoms with E-state index in [9.17, 15) is 9.18 Å². The monoisotopic (exact) mass is 208 g/mol. The maximum atomic E-state index is 13.3. The van der Waals surface area contributed by atoms with Gasteiger partial charge in [0.15, 0.2) is 5.84 Å². The van der Waals surface area contributed by atoms with E-state index in [0.29, 0.717) is 17.7 Å². The fourth-order valence-electron chi connectivity index (χ4n) is 1.13. The van der Waals surface area contributed by atoms with Crippen LogP contribution in [0.25, 0.3) is 0 Å². The van der Waals surface area contributed by atoms with Gasteiger partial charge in [0.1, 0.15) is 5.82 Å². The Bertz CT molecular complexity index is 430. The molecule has 1 aromatic rings. The zero-order chi connectivity index (χ0) is 11.4. The molecule has 0 saturated carbocycles. The van der Waals surface area contributed by atoms with Gasteiger partial charge in [-0.2, -0.15) is 0 Å². The molecule has 0 atom stereocenters. The second-order valence-electron chi connectivity index (χ2n) is 2.87. The zero-order valence-corrected chi connectivity index (χ0v) is 7.97. The number of aryl methyl sites for hydroxylation is 1. The van der Waals surface area contributed by atoms with E-state index in [1.54, 1.807) is 6.92 Å². The second-order valence-corrected chi connectivity index (χ2v) is 2.87. The highest BCUT2D eigenvalue weighted by molar-refractivity contribution is 5.98. The second kappa shape index (κ2) is 4.41. The molecule has 3 N–H and O–H groups in total. The van der Waals surface area contributed by atoms with Crippen molar-refractivity contribution in [2.75, 3.05) is 5.32 Å². The number of hydrogen-bond donors (Lipinski definition) is 3. The van der Waals surface area contributed by atoms with Crippen molar-refractivity contribution in [2.24, 2.45) is 5.11 Å². The number of amides is 1. The minimum absolute atomic E-state index is 0.111. The Hall–Kier alpha value is -2.11. The van der Waals surface area contributed by atoms with Crippen molar-refractivity contribution in [3.63, 3.8) is 0 Å². The van der Waals surface area contributed by atoms with Crippen molar-refractivity contribution < 1.29 is 9.18 Å². The van der Waals surface area contributed by atoms with Crippen LogP contribution in [0.3, 0.4) is 0 Å². The summed E-state index contributed by atoms with van der Waals surface area (Å²) in [6.45, 7) is 1.63. The van der Waals surface area contributed by atoms with E-state index in [-0.39, 0.29) is 5.56 Å². The van der Waals surface area contributed by atoms with Gasteiger partial charge in [-0.3, -0.25) is 10.2 Å². The third kappa shape index (κ3) is 2.22. The maximum Gasteiger partial charge on any atom is 0.211 e. The van der Waals surface area contributed by atoms with Gasteiger partial charge < -0.3 is 5.32 Å². The van der Waals surface area contributed by atoms with Gasteiger partial charge in [0.25, 0.3) is 0 Å². The van der Waals surface area contributed by atoms with E-state index in [2.05, 4.69) is 10.4 Å². The SMILES string of the molecule is Cc1cc(F)c(C(=N)N=N)cc1NC=O. The molecule has 0 saturated heterocycles. The Morgan fingerprint density at radius 2 is 2.27 bits per heavy atom. The van der Waals surface area contributed by atoms with Crippen molar-refractivity contribution in [3.05, 3.63) is 29.1 Å². The highest BCUT2D eigenvalue weighted by Crippen LogP contribution is 2.20. The van der Waals surface area contributed by atoms with Gasteiger partial charge in [-0.25, -0.2) is 9.92 Å². The smallest absolute Gasteiger partial charge is 0.211 e. The quantitative estimate of drug-likeness (QED) is 0.302. The Kier molecular flexibility index (Phi) is 3.22. The van der Waals surface area contributed by atoms with Gasteiger partial charge >= 0.3 is 0 Å². The third-order valence-corrected chi connectivity index (χ3v) is 1.90. The van der Waals surface area contributed by atoms with Crippen LogP contribution >= 0.6 is 0 Å². The first-order valence-corrected chi connectivity index (χ1v) is 4.07. The van der Waals surface area contributed by atoms with Crippen molar-refractivity contribution in [3.8, 4) is 0 Å². The van der Waals surface area contributed by atoms with Crippen LogP contribution in [-0.4, -0.2) is 12.2 Å². The van der Waals surface area contributed by atoms with E-state index in [4.69, 9.17) is 10.9 Å². The molecule has 0 aliphatic carbocycles. The van der Waals surface area contributed by atoms with Crippen LogP contribution in [-0.2, 0) is 4.79 Å². The van der Waals surface area contributed by atoms with Crippen LogP contribution in [0.2, 0.25) is 0 Å². The number of nitrogens with one attached hydrogen (secondary N) is 3. The lowest BCUT2D eigenvalue weighted by Gasteiger charge is -2.07. The van der Waals surface area contributed by atoms with Crippen molar-refractivity contribution in [1.82, 2.24) is 0 Å². The third-order valence-electron chi connectivity index (χ3n) is 1.90. The molecule has 1 amide bonds. The first-order valence-electron chi connectivity index (χ1n) is 4.07. The predicted octanol–water partition coefficient (Wildman–Crippen LogP) is 2.06. The van der Waals surface area contributed by atoms with Crippen molar-refractivity contribution in [1.29, 1.82) is 10.9 Å². The Morgan fingerprint density at radius 3 is 2.80 bits per heavy atom. The van der Waals surface area contributed by atoms with Gasteiger partial charge in [-0.05, 0) is 24.6 Å². The molecule has 15 heavy (non-hydrogen) atoms. The first kappa shape index (κ1) is 11.0. The molecule has 0 heterocycles. The highest BCUT2D eigenvalue weighted by Gasteiger charge is 2.10. The summed E-state index contributed by atoms with van der Waals surface area (Å²) >= 11 is 0. The lowest BCUT2D eigenvalue weighted by Crippen LogP contribution is -2.03. The molecular weight excluding hydrogens is 199 g/mol. The summed E-state index contributed by atoms with van der Waals surface area (Å²) in [6, 6.07) is 2.46. The molecule has 1 aromatic carbocycles. The van der Waals surface area contributed by atoms with Gasteiger partial charge in [0.05, 0.1) is 5.56 Å². The minimum atomic E-state index is -0.634. The topological polar surface area (TPSA) is 89.2 Å². The van der Waals surface area contributed by atoms with Crippen LogP contribution in [0.4, 0.5) is 10.1 Å². The van der Waals surface area contributed by atoms with E-state index in [1.807, 2.05) is 0 Å². The van der Waals surface area contributed by atoms with Crippen LogP contribution < -0.4 is 5.32 Å². The molecule has 0 aliphatic heterocycles. The van der Waals surface area contributed by atoms with Gasteiger partial charge in [-0.1, -0.05) is 0 Å². The number of carbonyl (C=O) groups is 1. The molecule has 1 rings (SSSR count). The molecule has 0 radical (unpaired) electrons. The van der Waals surface area contributed by atoms with Crippen LogP contribution in [0, 0.1) is 23.7 Å². The van der Waals surface area contributed by atoms with E-state index in [0.717, 1.165) is 0 Å². The number of anilines is 1. The van der Waals surface area contributed by atoms with Crippen LogP contribution in [0.1, 0.15) is 11.1 Å². The maximum absolute atomic E-state index is 13.3. The number of carbonyl (C=O) groups excluding carboxylic acids is 1. The average Bonchev–Trinajstić information content (AvgIpc) is 2.21. The molecule has 78 valence electrons. The molecule has 0 fully saturated rings. The van der Waals surface area contributed by atoms with E-state index in [1.165, 1.54) is 12.1 Å². The number of hydrogen-bond acceptors (Lipinski definition) is 3. The molecule has 0 spiro atoms. The van der Waals surface area contributed by atoms with E-state index < -0.39 is 11.7 Å². The fraction of sp³-hybridized carbons (Fsp3) is 0.111. The van der Waals surface area contributed by atoms with Crippen LogP contribution in [0.5, 0.6) is 0 Å². The van der Waals surface area contributed by atoms with Gasteiger partial charge in [0, 0.05) is 5.69 Å². The normalized spacial score (nSPS) is 9.47.